The molecule has 0 N–H and O–H groups in total. The van der Waals surface area contributed by atoms with E-state index >= 15 is 0 Å². The van der Waals surface area contributed by atoms with Gasteiger partial charge in [-0.25, -0.2) is 8.42 Å². The molecule has 0 aliphatic carbocycles. The molecule has 1 heterocycles. The lowest BCUT2D eigenvalue weighted by molar-refractivity contribution is 0.162. The van der Waals surface area contributed by atoms with Crippen LogP contribution in [0.3, 0.4) is 0 Å². The minimum atomic E-state index is -3.57. The number of aryl methyl sites for hydroxylation is 1. The Morgan fingerprint density at radius 2 is 1.77 bits per heavy atom. The summed E-state index contributed by atoms with van der Waals surface area (Å²) in [5.41, 5.74) is 2.04. The molecule has 136 valence electrons. The molecule has 5 nitrogen and oxygen atoms in total. The van der Waals surface area contributed by atoms with Gasteiger partial charge in [0.25, 0.3) is 0 Å². The van der Waals surface area contributed by atoms with E-state index in [1.807, 2.05) is 36.1 Å². The van der Waals surface area contributed by atoms with Crippen molar-refractivity contribution < 1.29 is 8.42 Å². The fraction of sp³-hybridized carbons (Fsp3) is 0.316. The summed E-state index contributed by atoms with van der Waals surface area (Å²) in [5.74, 6) is 0. The summed E-state index contributed by atoms with van der Waals surface area (Å²) in [4.78, 5) is 2.24. The summed E-state index contributed by atoms with van der Waals surface area (Å²) < 4.78 is 27.0. The number of hydrogen-bond donors (Lipinski definition) is 0. The molecule has 7 heteroatoms. The van der Waals surface area contributed by atoms with E-state index in [0.29, 0.717) is 31.2 Å². The van der Waals surface area contributed by atoms with Gasteiger partial charge in [0.1, 0.15) is 6.04 Å². The molecule has 1 aliphatic heterocycles. The zero-order valence-electron chi connectivity index (χ0n) is 14.5. The molecule has 0 spiro atoms. The van der Waals surface area contributed by atoms with Crippen LogP contribution >= 0.6 is 11.6 Å². The Morgan fingerprint density at radius 1 is 1.08 bits per heavy atom. The monoisotopic (exact) mass is 389 g/mol. The van der Waals surface area contributed by atoms with E-state index in [2.05, 4.69) is 6.07 Å². The molecule has 2 aromatic carbocycles. The van der Waals surface area contributed by atoms with Gasteiger partial charge in [0.15, 0.2) is 0 Å². The third kappa shape index (κ3) is 3.76. The van der Waals surface area contributed by atoms with Crippen LogP contribution in [-0.4, -0.2) is 43.8 Å². The quantitative estimate of drug-likeness (QED) is 0.805. The Balaban J connectivity index is 1.75. The average Bonchev–Trinajstić information content (AvgIpc) is 2.64. The van der Waals surface area contributed by atoms with Crippen LogP contribution in [-0.2, 0) is 10.0 Å². The van der Waals surface area contributed by atoms with Crippen LogP contribution in [0, 0.1) is 18.3 Å². The minimum Gasteiger partial charge on any atom is -0.282 e. The topological polar surface area (TPSA) is 64.4 Å². The Labute approximate surface area is 159 Å². The van der Waals surface area contributed by atoms with Crippen LogP contribution in [0.4, 0.5) is 0 Å². The molecule has 26 heavy (non-hydrogen) atoms. The summed E-state index contributed by atoms with van der Waals surface area (Å²) in [6.07, 6.45) is 0. The first kappa shape index (κ1) is 18.9. The van der Waals surface area contributed by atoms with Crippen LogP contribution in [0.5, 0.6) is 0 Å². The fourth-order valence-electron chi connectivity index (χ4n) is 3.22. The zero-order valence-corrected chi connectivity index (χ0v) is 16.0. The van der Waals surface area contributed by atoms with Crippen molar-refractivity contribution >= 4 is 21.6 Å². The number of benzene rings is 2. The molecular weight excluding hydrogens is 370 g/mol. The van der Waals surface area contributed by atoms with E-state index in [1.165, 1.54) is 10.4 Å². The molecule has 1 fully saturated rings. The van der Waals surface area contributed by atoms with Crippen LogP contribution < -0.4 is 0 Å². The maximum atomic E-state index is 12.8. The van der Waals surface area contributed by atoms with Crippen molar-refractivity contribution in [3.8, 4) is 6.07 Å². The molecule has 1 aliphatic rings. The Morgan fingerprint density at radius 3 is 2.38 bits per heavy atom. The predicted octanol–water partition coefficient (Wildman–Crippen LogP) is 3.22. The summed E-state index contributed by atoms with van der Waals surface area (Å²) in [7, 11) is -3.57. The summed E-state index contributed by atoms with van der Waals surface area (Å²) in [6.45, 7) is 3.69. The van der Waals surface area contributed by atoms with Crippen LogP contribution in [0.25, 0.3) is 0 Å². The second-order valence-corrected chi connectivity index (χ2v) is 8.66. The SMILES string of the molecule is Cc1ccccc1C(C#N)N1CCN(S(=O)(=O)c2cccc(Cl)c2)CC1. The first-order valence-corrected chi connectivity index (χ1v) is 10.2. The molecule has 1 saturated heterocycles. The first-order valence-electron chi connectivity index (χ1n) is 8.38. The second kappa shape index (κ2) is 7.77. The Kier molecular flexibility index (Phi) is 5.64. The lowest BCUT2D eigenvalue weighted by Crippen LogP contribution is -2.49. The van der Waals surface area contributed by atoms with Gasteiger partial charge in [0.05, 0.1) is 11.0 Å². The molecule has 0 radical (unpaired) electrons. The van der Waals surface area contributed by atoms with Crippen LogP contribution in [0.1, 0.15) is 17.2 Å². The van der Waals surface area contributed by atoms with Gasteiger partial charge in [-0.15, -0.1) is 0 Å². The van der Waals surface area contributed by atoms with Crippen molar-refractivity contribution in [2.45, 2.75) is 17.9 Å². The molecule has 0 saturated carbocycles. The molecule has 0 aromatic heterocycles. The number of hydrogen-bond acceptors (Lipinski definition) is 4. The number of rotatable bonds is 4. The third-order valence-electron chi connectivity index (χ3n) is 4.68. The first-order chi connectivity index (χ1) is 12.4. The highest BCUT2D eigenvalue weighted by molar-refractivity contribution is 7.89. The average molecular weight is 390 g/mol. The van der Waals surface area contributed by atoms with Crippen molar-refractivity contribution in [3.63, 3.8) is 0 Å². The van der Waals surface area contributed by atoms with Gasteiger partial charge in [-0.2, -0.15) is 9.57 Å². The highest BCUT2D eigenvalue weighted by Crippen LogP contribution is 2.26. The van der Waals surface area contributed by atoms with Gasteiger partial charge >= 0.3 is 0 Å². The minimum absolute atomic E-state index is 0.203. The molecule has 0 amide bonds. The van der Waals surface area contributed by atoms with E-state index in [9.17, 15) is 13.7 Å². The number of nitrogens with zero attached hydrogens (tertiary/aromatic N) is 3. The Hall–Kier alpha value is -1.91. The van der Waals surface area contributed by atoms with Gasteiger partial charge in [-0.05, 0) is 36.2 Å². The number of nitriles is 1. The molecule has 1 atom stereocenters. The number of piperazine rings is 1. The van der Waals surface area contributed by atoms with E-state index in [1.54, 1.807) is 18.2 Å². The van der Waals surface area contributed by atoms with Crippen LogP contribution in [0.2, 0.25) is 5.02 Å². The standard InChI is InChI=1S/C19H20ClN3O2S/c1-15-5-2-3-8-18(15)19(14-21)22-9-11-23(12-10-22)26(24,25)17-7-4-6-16(20)13-17/h2-8,13,19H,9-12H2,1H3. The highest BCUT2D eigenvalue weighted by atomic mass is 35.5. The van der Waals surface area contributed by atoms with Crippen molar-refractivity contribution in [1.29, 1.82) is 5.26 Å². The maximum Gasteiger partial charge on any atom is 0.243 e. The van der Waals surface area contributed by atoms with E-state index in [0.717, 1.165) is 11.1 Å². The van der Waals surface area contributed by atoms with Gasteiger partial charge < -0.3 is 0 Å². The van der Waals surface area contributed by atoms with E-state index in [4.69, 9.17) is 11.6 Å². The Bertz CT molecular complexity index is 932. The summed E-state index contributed by atoms with van der Waals surface area (Å²) in [5, 5.41) is 10.0. The van der Waals surface area contributed by atoms with E-state index < -0.39 is 10.0 Å². The number of halogens is 1. The van der Waals surface area contributed by atoms with Crippen LogP contribution in [0.15, 0.2) is 53.4 Å². The smallest absolute Gasteiger partial charge is 0.243 e. The van der Waals surface area contributed by atoms with E-state index in [-0.39, 0.29) is 10.9 Å². The molecular formula is C19H20ClN3O2S. The lowest BCUT2D eigenvalue weighted by Gasteiger charge is -2.36. The van der Waals surface area contributed by atoms with Crippen molar-refractivity contribution in [1.82, 2.24) is 9.21 Å². The highest BCUT2D eigenvalue weighted by Gasteiger charge is 2.32. The van der Waals surface area contributed by atoms with Gasteiger partial charge in [-0.3, -0.25) is 4.90 Å². The number of sulfonamides is 1. The molecule has 2 aromatic rings. The van der Waals surface area contributed by atoms with Gasteiger partial charge in [0, 0.05) is 31.2 Å². The summed E-state index contributed by atoms with van der Waals surface area (Å²) in [6, 6.07) is 16.1. The molecule has 1 unspecified atom stereocenters. The molecule has 0 bridgehead atoms. The van der Waals surface area contributed by atoms with Gasteiger partial charge in [0.2, 0.25) is 10.0 Å². The second-order valence-electron chi connectivity index (χ2n) is 6.29. The molecule has 3 rings (SSSR count). The maximum absolute atomic E-state index is 12.8. The lowest BCUT2D eigenvalue weighted by atomic mass is 10.0. The zero-order chi connectivity index (χ0) is 18.7. The third-order valence-corrected chi connectivity index (χ3v) is 6.81. The van der Waals surface area contributed by atoms with Gasteiger partial charge in [-0.1, -0.05) is 41.9 Å². The normalized spacial score (nSPS) is 17.6. The summed E-state index contributed by atoms with van der Waals surface area (Å²) >= 11 is 5.93. The van der Waals surface area contributed by atoms with Crippen molar-refractivity contribution in [2.24, 2.45) is 0 Å². The predicted molar refractivity (Wildman–Crippen MR) is 101 cm³/mol. The van der Waals surface area contributed by atoms with Crippen molar-refractivity contribution in [3.05, 3.63) is 64.7 Å². The largest absolute Gasteiger partial charge is 0.282 e. The fourth-order valence-corrected chi connectivity index (χ4v) is 4.94. The van der Waals surface area contributed by atoms with Crippen molar-refractivity contribution in [2.75, 3.05) is 26.2 Å².